The Morgan fingerprint density at radius 2 is 1.59 bits per heavy atom. The molecule has 0 aliphatic carbocycles. The Labute approximate surface area is 330 Å². The van der Waals surface area contributed by atoms with Gasteiger partial charge in [-0.3, -0.25) is 19.8 Å². The Bertz CT molecular complexity index is 2240. The molecule has 1 aliphatic rings. The Morgan fingerprint density at radius 1 is 0.839 bits per heavy atom. The molecular formula is C40H43N7O7S2. The van der Waals surface area contributed by atoms with Gasteiger partial charge in [-0.1, -0.05) is 30.3 Å². The molecule has 292 valence electrons. The molecule has 1 aromatic heterocycles. The standard InChI is InChI=1S/C40H43N7O7S2/c1-3-53-32-10-8-9-30(25-32)31-23-29(24-33(26-31)54-4-2)28-45-18-20-46(21-19-45)39-16-15-37(42-43-39)40(48)44-56(51,52)35-13-14-36(38(27-35)47(49)50)41-17-22-55-34-11-6-5-7-12-34/h5-16,23-27,41H,3-4,17-22,28H2,1-2H3,(H,44,48). The van der Waals surface area contributed by atoms with E-state index in [0.29, 0.717) is 44.4 Å². The molecule has 16 heteroatoms. The van der Waals surface area contributed by atoms with Crippen molar-refractivity contribution >= 4 is 44.9 Å². The number of nitro benzene ring substituents is 1. The van der Waals surface area contributed by atoms with Crippen molar-refractivity contribution in [3.05, 3.63) is 124 Å². The van der Waals surface area contributed by atoms with Gasteiger partial charge in [0, 0.05) is 56.0 Å². The van der Waals surface area contributed by atoms with Crippen molar-refractivity contribution in [3.63, 3.8) is 0 Å². The predicted octanol–water partition coefficient (Wildman–Crippen LogP) is 6.49. The second kappa shape index (κ2) is 18.8. The van der Waals surface area contributed by atoms with E-state index in [-0.39, 0.29) is 11.4 Å². The molecule has 5 aromatic rings. The van der Waals surface area contributed by atoms with Gasteiger partial charge in [-0.05, 0) is 97.3 Å². The van der Waals surface area contributed by atoms with Gasteiger partial charge in [-0.2, -0.15) is 0 Å². The number of piperazine rings is 1. The zero-order valence-corrected chi connectivity index (χ0v) is 32.7. The van der Waals surface area contributed by atoms with Crippen LogP contribution >= 0.6 is 11.8 Å². The number of anilines is 2. The van der Waals surface area contributed by atoms with Gasteiger partial charge in [-0.15, -0.1) is 22.0 Å². The summed E-state index contributed by atoms with van der Waals surface area (Å²) in [5, 5.41) is 23.0. The summed E-state index contributed by atoms with van der Waals surface area (Å²) in [7, 11) is -4.47. The van der Waals surface area contributed by atoms with Crippen molar-refractivity contribution < 1.29 is 27.6 Å². The Kier molecular flexibility index (Phi) is 13.4. The van der Waals surface area contributed by atoms with Gasteiger partial charge in [0.05, 0.1) is 23.0 Å². The number of ether oxygens (including phenoxy) is 2. The number of thioether (sulfide) groups is 1. The number of carbonyl (C=O) groups excluding carboxylic acids is 1. The molecule has 2 heterocycles. The number of amides is 1. The summed E-state index contributed by atoms with van der Waals surface area (Å²) < 4.78 is 39.8. The van der Waals surface area contributed by atoms with Crippen molar-refractivity contribution in [2.45, 2.75) is 30.2 Å². The molecular weight excluding hydrogens is 755 g/mol. The van der Waals surface area contributed by atoms with Gasteiger partial charge >= 0.3 is 0 Å². The first-order chi connectivity index (χ1) is 27.1. The van der Waals surface area contributed by atoms with E-state index in [9.17, 15) is 23.3 Å². The van der Waals surface area contributed by atoms with Crippen LogP contribution in [0.4, 0.5) is 17.2 Å². The first-order valence-electron chi connectivity index (χ1n) is 18.2. The van der Waals surface area contributed by atoms with Gasteiger partial charge in [0.25, 0.3) is 21.6 Å². The molecule has 2 N–H and O–H groups in total. The number of hydrogen-bond donors (Lipinski definition) is 2. The van der Waals surface area contributed by atoms with Crippen LogP contribution < -0.4 is 24.4 Å². The zero-order chi connectivity index (χ0) is 39.5. The fourth-order valence-corrected chi connectivity index (χ4v) is 7.96. The van der Waals surface area contributed by atoms with Crippen LogP contribution in [0, 0.1) is 10.1 Å². The predicted molar refractivity (Wildman–Crippen MR) is 217 cm³/mol. The molecule has 0 spiro atoms. The Morgan fingerprint density at radius 3 is 2.30 bits per heavy atom. The van der Waals surface area contributed by atoms with Crippen LogP contribution in [0.3, 0.4) is 0 Å². The lowest BCUT2D eigenvalue weighted by molar-refractivity contribution is -0.384. The summed E-state index contributed by atoms with van der Waals surface area (Å²) in [6.45, 7) is 9.05. The minimum atomic E-state index is -4.47. The maximum absolute atomic E-state index is 13.1. The molecule has 0 radical (unpaired) electrons. The molecule has 4 aromatic carbocycles. The minimum absolute atomic E-state index is 0.168. The highest BCUT2D eigenvalue weighted by molar-refractivity contribution is 7.99. The molecule has 0 bridgehead atoms. The summed E-state index contributed by atoms with van der Waals surface area (Å²) in [5.41, 5.74) is 2.75. The smallest absolute Gasteiger partial charge is 0.293 e. The monoisotopic (exact) mass is 797 g/mol. The lowest BCUT2D eigenvalue weighted by atomic mass is 10.0. The van der Waals surface area contributed by atoms with Crippen molar-refractivity contribution in [1.82, 2.24) is 19.8 Å². The topological polar surface area (TPSA) is 169 Å². The molecule has 14 nitrogen and oxygen atoms in total. The lowest BCUT2D eigenvalue weighted by Gasteiger charge is -2.35. The van der Waals surface area contributed by atoms with Crippen molar-refractivity contribution in [2.24, 2.45) is 0 Å². The third kappa shape index (κ3) is 10.5. The second-order valence-corrected chi connectivity index (χ2v) is 15.6. The molecule has 0 atom stereocenters. The van der Waals surface area contributed by atoms with Crippen LogP contribution in [0.15, 0.2) is 113 Å². The quantitative estimate of drug-likeness (QED) is 0.0454. The normalized spacial score (nSPS) is 13.2. The van der Waals surface area contributed by atoms with E-state index in [1.165, 1.54) is 18.2 Å². The number of nitrogens with one attached hydrogen (secondary N) is 2. The van der Waals surface area contributed by atoms with Crippen LogP contribution in [0.25, 0.3) is 11.1 Å². The summed E-state index contributed by atoms with van der Waals surface area (Å²) >= 11 is 1.58. The van der Waals surface area contributed by atoms with Crippen LogP contribution in [0.1, 0.15) is 29.9 Å². The van der Waals surface area contributed by atoms with E-state index in [4.69, 9.17) is 9.47 Å². The maximum Gasteiger partial charge on any atom is 0.293 e. The molecule has 6 rings (SSSR count). The van der Waals surface area contributed by atoms with Gasteiger partial charge in [0.2, 0.25) is 0 Å². The van der Waals surface area contributed by atoms with Gasteiger partial charge in [-0.25, -0.2) is 13.1 Å². The molecule has 0 unspecified atom stereocenters. The third-order valence-electron chi connectivity index (χ3n) is 8.87. The first kappa shape index (κ1) is 40.0. The number of nitro groups is 1. The number of carbonyl (C=O) groups is 1. The summed E-state index contributed by atoms with van der Waals surface area (Å²) in [6.07, 6.45) is 0. The molecule has 1 amide bonds. The SMILES string of the molecule is CCOc1cccc(-c2cc(CN3CCN(c4ccc(C(=O)NS(=O)(=O)c5ccc(NCCSc6ccccc6)c([N+](=O)[O-])c5)nn4)CC3)cc(OCC)c2)c1. The molecule has 56 heavy (non-hydrogen) atoms. The molecule has 1 fully saturated rings. The highest BCUT2D eigenvalue weighted by Gasteiger charge is 2.25. The summed E-state index contributed by atoms with van der Waals surface area (Å²) in [6, 6.07) is 30.5. The molecule has 0 saturated carbocycles. The summed E-state index contributed by atoms with van der Waals surface area (Å²) in [4.78, 5) is 29.2. The fourth-order valence-electron chi connectivity index (χ4n) is 6.19. The van der Waals surface area contributed by atoms with E-state index in [2.05, 4.69) is 43.5 Å². The van der Waals surface area contributed by atoms with Gasteiger partial charge < -0.3 is 19.7 Å². The van der Waals surface area contributed by atoms with Crippen LogP contribution in [-0.4, -0.2) is 86.0 Å². The highest BCUT2D eigenvalue weighted by Crippen LogP contribution is 2.31. The van der Waals surface area contributed by atoms with E-state index in [1.54, 1.807) is 17.8 Å². The number of nitrogens with zero attached hydrogens (tertiary/aromatic N) is 5. The largest absolute Gasteiger partial charge is 0.494 e. The fraction of sp³-hybridized carbons (Fsp3) is 0.275. The summed E-state index contributed by atoms with van der Waals surface area (Å²) in [5.74, 6) is 1.81. The van der Waals surface area contributed by atoms with Crippen LogP contribution in [-0.2, 0) is 16.6 Å². The number of sulfonamides is 1. The highest BCUT2D eigenvalue weighted by atomic mass is 32.2. The van der Waals surface area contributed by atoms with Crippen molar-refractivity contribution in [2.75, 3.05) is 61.9 Å². The number of hydrogen-bond acceptors (Lipinski definition) is 13. The van der Waals surface area contributed by atoms with E-state index in [0.717, 1.165) is 58.8 Å². The van der Waals surface area contributed by atoms with Crippen LogP contribution in [0.5, 0.6) is 11.5 Å². The average Bonchev–Trinajstić information content (AvgIpc) is 3.20. The first-order valence-corrected chi connectivity index (χ1v) is 20.7. The van der Waals surface area contributed by atoms with Gasteiger partial charge in [0.15, 0.2) is 11.5 Å². The zero-order valence-electron chi connectivity index (χ0n) is 31.1. The van der Waals surface area contributed by atoms with E-state index >= 15 is 0 Å². The van der Waals surface area contributed by atoms with E-state index < -0.39 is 31.4 Å². The Hall–Kier alpha value is -5.71. The average molecular weight is 798 g/mol. The minimum Gasteiger partial charge on any atom is -0.494 e. The second-order valence-electron chi connectivity index (χ2n) is 12.8. The van der Waals surface area contributed by atoms with Crippen molar-refractivity contribution in [3.8, 4) is 22.6 Å². The number of rotatable bonds is 17. The molecule has 1 saturated heterocycles. The van der Waals surface area contributed by atoms with Crippen LogP contribution in [0.2, 0.25) is 0 Å². The van der Waals surface area contributed by atoms with E-state index in [1.807, 2.05) is 73.2 Å². The van der Waals surface area contributed by atoms with Crippen molar-refractivity contribution in [1.29, 1.82) is 0 Å². The maximum atomic E-state index is 13.1. The molecule has 1 aliphatic heterocycles. The Balaban J connectivity index is 1.03. The van der Waals surface area contributed by atoms with Gasteiger partial charge in [0.1, 0.15) is 17.2 Å². The number of aromatic nitrogens is 2. The lowest BCUT2D eigenvalue weighted by Crippen LogP contribution is -2.46. The number of benzene rings is 4. The third-order valence-corrected chi connectivity index (χ3v) is 11.2.